The number of nitrogens with two attached hydrogens (primary N) is 1. The van der Waals surface area contributed by atoms with E-state index in [-0.39, 0.29) is 23.5 Å². The van der Waals surface area contributed by atoms with Crippen LogP contribution in [-0.4, -0.2) is 45.8 Å². The summed E-state index contributed by atoms with van der Waals surface area (Å²) in [6.45, 7) is 3.13. The molecule has 2 heterocycles. The Morgan fingerprint density at radius 3 is 3.04 bits per heavy atom. The second kappa shape index (κ2) is 8.50. The van der Waals surface area contributed by atoms with Crippen LogP contribution in [0.25, 0.3) is 0 Å². The van der Waals surface area contributed by atoms with Gasteiger partial charge in [0.05, 0.1) is 11.7 Å². The van der Waals surface area contributed by atoms with E-state index in [4.69, 9.17) is 5.73 Å². The van der Waals surface area contributed by atoms with Crippen LogP contribution in [0.4, 0.5) is 10.8 Å². The van der Waals surface area contributed by atoms with Crippen molar-refractivity contribution in [2.75, 3.05) is 24.2 Å². The number of nitrogens with zero attached hydrogens (tertiary/aromatic N) is 3. The van der Waals surface area contributed by atoms with Crippen LogP contribution in [0, 0.1) is 12.8 Å². The van der Waals surface area contributed by atoms with Gasteiger partial charge in [-0.2, -0.15) is 0 Å². The molecule has 0 saturated carbocycles. The molecule has 1 fully saturated rings. The first-order valence-corrected chi connectivity index (χ1v) is 10.2. The van der Waals surface area contributed by atoms with E-state index in [1.165, 1.54) is 23.1 Å². The molecule has 3 rings (SSSR count). The Labute approximate surface area is 160 Å². The van der Waals surface area contributed by atoms with Gasteiger partial charge in [0.15, 0.2) is 4.34 Å². The molecule has 1 aliphatic rings. The summed E-state index contributed by atoms with van der Waals surface area (Å²) >= 11 is 2.78. The summed E-state index contributed by atoms with van der Waals surface area (Å²) in [6, 6.07) is 8.01. The molecule has 0 unspecified atom stereocenters. The maximum Gasteiger partial charge on any atom is 0.233 e. The number of aryl methyl sites for hydroxylation is 1. The lowest BCUT2D eigenvalue weighted by atomic mass is 9.97. The van der Waals surface area contributed by atoms with Gasteiger partial charge in [-0.05, 0) is 37.5 Å². The minimum Gasteiger partial charge on any atom is -0.369 e. The van der Waals surface area contributed by atoms with E-state index >= 15 is 0 Å². The summed E-state index contributed by atoms with van der Waals surface area (Å²) in [7, 11) is 0. The summed E-state index contributed by atoms with van der Waals surface area (Å²) in [5.74, 6) is -0.273. The molecule has 138 valence electrons. The largest absolute Gasteiger partial charge is 0.369 e. The topological polar surface area (TPSA) is 101 Å². The molecular weight excluding hydrogens is 370 g/mol. The first-order chi connectivity index (χ1) is 12.5. The molecule has 0 bridgehead atoms. The van der Waals surface area contributed by atoms with Gasteiger partial charge < -0.3 is 16.0 Å². The fraction of sp³-hybridized carbons (Fsp3) is 0.412. The van der Waals surface area contributed by atoms with Gasteiger partial charge in [-0.25, -0.2) is 0 Å². The predicted octanol–water partition coefficient (Wildman–Crippen LogP) is 2.41. The Kier molecular flexibility index (Phi) is 6.10. The molecule has 1 aliphatic heterocycles. The number of hydrogen-bond acceptors (Lipinski definition) is 7. The maximum absolute atomic E-state index is 12.4. The smallest absolute Gasteiger partial charge is 0.233 e. The Morgan fingerprint density at radius 1 is 1.42 bits per heavy atom. The maximum atomic E-state index is 12.4. The molecule has 1 saturated heterocycles. The van der Waals surface area contributed by atoms with Gasteiger partial charge in [-0.15, -0.1) is 10.2 Å². The second-order valence-corrected chi connectivity index (χ2v) is 8.44. The van der Waals surface area contributed by atoms with E-state index < -0.39 is 0 Å². The number of rotatable bonds is 6. The van der Waals surface area contributed by atoms with Crippen LogP contribution >= 0.6 is 23.1 Å². The number of aromatic nitrogens is 2. The van der Waals surface area contributed by atoms with Crippen molar-refractivity contribution in [3.63, 3.8) is 0 Å². The fourth-order valence-corrected chi connectivity index (χ4v) is 4.49. The van der Waals surface area contributed by atoms with Crippen molar-refractivity contribution in [1.29, 1.82) is 0 Å². The molecule has 26 heavy (non-hydrogen) atoms. The van der Waals surface area contributed by atoms with E-state index in [1.54, 1.807) is 4.90 Å². The summed E-state index contributed by atoms with van der Waals surface area (Å²) in [5.41, 5.74) is 7.48. The highest BCUT2D eigenvalue weighted by Gasteiger charge is 2.27. The van der Waals surface area contributed by atoms with Gasteiger partial charge in [-0.3, -0.25) is 9.59 Å². The lowest BCUT2D eigenvalue weighted by molar-refractivity contribution is -0.132. The highest BCUT2D eigenvalue weighted by molar-refractivity contribution is 8.01. The summed E-state index contributed by atoms with van der Waals surface area (Å²) in [6.07, 6.45) is 1.57. The van der Waals surface area contributed by atoms with Gasteiger partial charge in [0.2, 0.25) is 16.9 Å². The molecule has 2 amide bonds. The van der Waals surface area contributed by atoms with E-state index in [2.05, 4.69) is 15.5 Å². The molecule has 1 aromatic heterocycles. The van der Waals surface area contributed by atoms with E-state index in [1.807, 2.05) is 31.2 Å². The third kappa shape index (κ3) is 4.95. The normalized spacial score (nSPS) is 17.1. The average Bonchev–Trinajstić information content (AvgIpc) is 3.07. The fourth-order valence-electron chi connectivity index (χ4n) is 2.82. The Bertz CT molecular complexity index is 795. The number of hydrogen-bond donors (Lipinski definition) is 2. The molecule has 9 heteroatoms. The first-order valence-electron chi connectivity index (χ1n) is 8.38. The molecule has 7 nitrogen and oxygen atoms in total. The highest BCUT2D eigenvalue weighted by Crippen LogP contribution is 2.28. The molecule has 0 spiro atoms. The van der Waals surface area contributed by atoms with Crippen LogP contribution < -0.4 is 11.1 Å². The zero-order valence-corrected chi connectivity index (χ0v) is 16.1. The summed E-state index contributed by atoms with van der Waals surface area (Å²) in [4.78, 5) is 25.4. The number of thioether (sulfide) groups is 1. The molecule has 0 aliphatic carbocycles. The molecule has 2 aromatic rings. The zero-order valence-electron chi connectivity index (χ0n) is 14.5. The Morgan fingerprint density at radius 2 is 2.27 bits per heavy atom. The third-order valence-electron chi connectivity index (χ3n) is 4.17. The van der Waals surface area contributed by atoms with Crippen LogP contribution in [0.15, 0.2) is 28.6 Å². The molecular formula is C17H21N5O2S2. The van der Waals surface area contributed by atoms with Crippen molar-refractivity contribution in [3.8, 4) is 0 Å². The molecule has 3 N–H and O–H groups in total. The quantitative estimate of drug-likeness (QED) is 0.733. The summed E-state index contributed by atoms with van der Waals surface area (Å²) < 4.78 is 0.733. The zero-order chi connectivity index (χ0) is 18.5. The number of amides is 2. The third-order valence-corrected chi connectivity index (χ3v) is 6.13. The van der Waals surface area contributed by atoms with E-state index in [0.29, 0.717) is 18.2 Å². The number of nitrogens with one attached hydrogen (secondary N) is 1. The standard InChI is InChI=1S/C17H21N5O2S2/c1-11-4-2-6-13(8-11)19-16-20-21-17(26-16)25-10-14(23)22-7-3-5-12(9-22)15(18)24/h2,4,6,8,12H,3,5,7,9-10H2,1H3,(H2,18,24)(H,19,20)/t12-/m1/s1. The van der Waals surface area contributed by atoms with Crippen LogP contribution in [0.3, 0.4) is 0 Å². The number of carbonyl (C=O) groups is 2. The second-order valence-electron chi connectivity index (χ2n) is 6.24. The average molecular weight is 392 g/mol. The van der Waals surface area contributed by atoms with Crippen molar-refractivity contribution in [3.05, 3.63) is 29.8 Å². The van der Waals surface area contributed by atoms with Crippen molar-refractivity contribution < 1.29 is 9.59 Å². The molecule has 1 aromatic carbocycles. The van der Waals surface area contributed by atoms with Gasteiger partial charge in [0.1, 0.15) is 0 Å². The summed E-state index contributed by atoms with van der Waals surface area (Å²) in [5, 5.41) is 12.1. The number of piperidine rings is 1. The Hall–Kier alpha value is -2.13. The van der Waals surface area contributed by atoms with Crippen LogP contribution in [0.1, 0.15) is 18.4 Å². The number of benzene rings is 1. The van der Waals surface area contributed by atoms with Gasteiger partial charge in [0, 0.05) is 18.8 Å². The lowest BCUT2D eigenvalue weighted by Gasteiger charge is -2.31. The lowest BCUT2D eigenvalue weighted by Crippen LogP contribution is -2.44. The Balaban J connectivity index is 1.51. The van der Waals surface area contributed by atoms with Gasteiger partial charge in [0.25, 0.3) is 0 Å². The minimum absolute atomic E-state index is 0.00402. The van der Waals surface area contributed by atoms with Crippen molar-refractivity contribution in [1.82, 2.24) is 15.1 Å². The monoisotopic (exact) mass is 391 g/mol. The predicted molar refractivity (Wildman–Crippen MR) is 104 cm³/mol. The van der Waals surface area contributed by atoms with Crippen molar-refractivity contribution in [2.45, 2.75) is 24.1 Å². The van der Waals surface area contributed by atoms with Crippen molar-refractivity contribution in [2.24, 2.45) is 11.7 Å². The number of carbonyl (C=O) groups excluding carboxylic acids is 2. The number of primary amides is 1. The SMILES string of the molecule is Cc1cccc(Nc2nnc(SCC(=O)N3CCC[C@@H](C(N)=O)C3)s2)c1. The van der Waals surface area contributed by atoms with Crippen LogP contribution in [-0.2, 0) is 9.59 Å². The van der Waals surface area contributed by atoms with E-state index in [0.717, 1.165) is 28.4 Å². The van der Waals surface area contributed by atoms with Crippen LogP contribution in [0.5, 0.6) is 0 Å². The molecule has 1 atom stereocenters. The highest BCUT2D eigenvalue weighted by atomic mass is 32.2. The first kappa shape index (κ1) is 18.7. The van der Waals surface area contributed by atoms with Crippen molar-refractivity contribution >= 4 is 45.7 Å². The van der Waals surface area contributed by atoms with Gasteiger partial charge in [-0.1, -0.05) is 35.2 Å². The molecule has 0 radical (unpaired) electrons. The number of anilines is 2. The van der Waals surface area contributed by atoms with Crippen LogP contribution in [0.2, 0.25) is 0 Å². The number of likely N-dealkylation sites (tertiary alicyclic amines) is 1. The van der Waals surface area contributed by atoms with E-state index in [9.17, 15) is 9.59 Å². The minimum atomic E-state index is -0.328. The van der Waals surface area contributed by atoms with Gasteiger partial charge >= 0.3 is 0 Å².